The van der Waals surface area contributed by atoms with Crippen LogP contribution in [0.25, 0.3) is 11.8 Å². The van der Waals surface area contributed by atoms with E-state index < -0.39 is 17.6 Å². The molecule has 8 heteroatoms. The highest BCUT2D eigenvalue weighted by Gasteiger charge is 2.35. The second-order valence-corrected chi connectivity index (χ2v) is 7.51. The lowest BCUT2D eigenvalue weighted by atomic mass is 10.1. The van der Waals surface area contributed by atoms with E-state index in [9.17, 15) is 14.0 Å². The van der Waals surface area contributed by atoms with Crippen molar-refractivity contribution in [2.45, 2.75) is 0 Å². The Morgan fingerprint density at radius 1 is 1.00 bits per heavy atom. The second-order valence-electron chi connectivity index (χ2n) is 7.12. The third kappa shape index (κ3) is 3.85. The van der Waals surface area contributed by atoms with Gasteiger partial charge in [-0.25, -0.2) is 9.29 Å². The molecule has 2 heterocycles. The lowest BCUT2D eigenvalue weighted by Gasteiger charge is -2.29. The summed E-state index contributed by atoms with van der Waals surface area (Å²) in [5.41, 5.74) is 2.39. The molecule has 0 unspecified atom stereocenters. The molecule has 0 atom stereocenters. The number of aromatic nitrogens is 1. The maximum absolute atomic E-state index is 14.3. The zero-order chi connectivity index (χ0) is 22.1. The van der Waals surface area contributed by atoms with E-state index in [4.69, 9.17) is 12.2 Å². The summed E-state index contributed by atoms with van der Waals surface area (Å²) < 4.78 is 16.2. The Morgan fingerprint density at radius 2 is 1.71 bits per heavy atom. The van der Waals surface area contributed by atoms with Crippen LogP contribution in [-0.4, -0.2) is 35.6 Å². The first-order valence-electron chi connectivity index (χ1n) is 9.48. The number of rotatable bonds is 4. The number of thiocarbonyl (C=S) groups is 1. The van der Waals surface area contributed by atoms with Crippen LogP contribution in [0.5, 0.6) is 0 Å². The molecule has 3 aromatic rings. The normalized spacial score (nSPS) is 15.4. The SMILES string of the molecule is CN(C)c1ccc(-n2cccc2/C=C2/C(=O)NC(=S)N(c3ccccc3F)C2=O)cc1. The van der Waals surface area contributed by atoms with Crippen molar-refractivity contribution >= 4 is 46.6 Å². The van der Waals surface area contributed by atoms with Gasteiger partial charge in [-0.1, -0.05) is 12.1 Å². The number of hydrogen-bond donors (Lipinski definition) is 1. The first-order chi connectivity index (χ1) is 14.9. The van der Waals surface area contributed by atoms with Gasteiger partial charge in [0.15, 0.2) is 5.11 Å². The van der Waals surface area contributed by atoms with E-state index in [0.29, 0.717) is 5.69 Å². The summed E-state index contributed by atoms with van der Waals surface area (Å²) >= 11 is 5.13. The Kier molecular flexibility index (Phi) is 5.39. The maximum atomic E-state index is 14.3. The molecule has 2 aromatic carbocycles. The minimum Gasteiger partial charge on any atom is -0.378 e. The fourth-order valence-corrected chi connectivity index (χ4v) is 3.59. The van der Waals surface area contributed by atoms with Gasteiger partial charge >= 0.3 is 0 Å². The standard InChI is InChI=1S/C23H19FN4O2S/c1-26(2)15-9-11-16(12-10-15)27-13-5-6-17(27)14-18-21(29)25-23(31)28(22(18)30)20-8-4-3-7-19(20)24/h3-14H,1-2H3,(H,25,29,31)/b18-14-. The third-order valence-corrected chi connectivity index (χ3v) is 5.20. The van der Waals surface area contributed by atoms with Crippen LogP contribution in [-0.2, 0) is 9.59 Å². The number of hydrogen-bond acceptors (Lipinski definition) is 4. The number of halogens is 1. The summed E-state index contributed by atoms with van der Waals surface area (Å²) in [6.07, 6.45) is 3.31. The van der Waals surface area contributed by atoms with Gasteiger partial charge < -0.3 is 9.47 Å². The number of carbonyl (C=O) groups is 2. The molecule has 2 amide bonds. The quantitative estimate of drug-likeness (QED) is 0.388. The van der Waals surface area contributed by atoms with Crippen LogP contribution in [0.4, 0.5) is 15.8 Å². The Morgan fingerprint density at radius 3 is 2.39 bits per heavy atom. The highest BCUT2D eigenvalue weighted by atomic mass is 32.1. The predicted molar refractivity (Wildman–Crippen MR) is 123 cm³/mol. The maximum Gasteiger partial charge on any atom is 0.270 e. The van der Waals surface area contributed by atoms with E-state index in [-0.39, 0.29) is 16.4 Å². The Balaban J connectivity index is 1.73. The first kappa shape index (κ1) is 20.5. The van der Waals surface area contributed by atoms with E-state index >= 15 is 0 Å². The van der Waals surface area contributed by atoms with Gasteiger partial charge in [0, 0.05) is 37.4 Å². The van der Waals surface area contributed by atoms with Crippen LogP contribution in [0.3, 0.4) is 0 Å². The molecule has 0 aliphatic carbocycles. The first-order valence-corrected chi connectivity index (χ1v) is 9.89. The number of nitrogens with one attached hydrogen (secondary N) is 1. The van der Waals surface area contributed by atoms with Crippen molar-refractivity contribution in [2.75, 3.05) is 23.9 Å². The van der Waals surface area contributed by atoms with Crippen molar-refractivity contribution in [1.29, 1.82) is 0 Å². The van der Waals surface area contributed by atoms with Gasteiger partial charge in [-0.2, -0.15) is 0 Å². The van der Waals surface area contributed by atoms with Crippen molar-refractivity contribution in [3.8, 4) is 5.69 Å². The molecule has 1 aromatic heterocycles. The highest BCUT2D eigenvalue weighted by Crippen LogP contribution is 2.25. The Labute approximate surface area is 184 Å². The zero-order valence-corrected chi connectivity index (χ0v) is 17.7. The highest BCUT2D eigenvalue weighted by molar-refractivity contribution is 7.80. The zero-order valence-electron chi connectivity index (χ0n) is 16.9. The minimum atomic E-state index is -0.686. The molecule has 31 heavy (non-hydrogen) atoms. The smallest absolute Gasteiger partial charge is 0.270 e. The van der Waals surface area contributed by atoms with Crippen LogP contribution in [0.15, 0.2) is 72.4 Å². The molecule has 1 aliphatic heterocycles. The molecule has 0 bridgehead atoms. The van der Waals surface area contributed by atoms with Crippen LogP contribution >= 0.6 is 12.2 Å². The molecule has 156 valence electrons. The number of anilines is 2. The van der Waals surface area contributed by atoms with Crippen LogP contribution in [0.1, 0.15) is 5.69 Å². The van der Waals surface area contributed by atoms with Gasteiger partial charge in [-0.15, -0.1) is 0 Å². The van der Waals surface area contributed by atoms with Crippen LogP contribution in [0.2, 0.25) is 0 Å². The average Bonchev–Trinajstić information content (AvgIpc) is 3.20. The van der Waals surface area contributed by atoms with Crippen molar-refractivity contribution < 1.29 is 14.0 Å². The molecule has 4 rings (SSSR count). The van der Waals surface area contributed by atoms with E-state index in [1.54, 1.807) is 12.1 Å². The molecule has 1 saturated heterocycles. The van der Waals surface area contributed by atoms with E-state index in [1.165, 1.54) is 24.3 Å². The van der Waals surface area contributed by atoms with E-state index in [1.807, 2.05) is 60.1 Å². The van der Waals surface area contributed by atoms with E-state index in [2.05, 4.69) is 5.32 Å². The summed E-state index contributed by atoms with van der Waals surface area (Å²) in [5.74, 6) is -1.93. The van der Waals surface area contributed by atoms with Gasteiger partial charge in [0.2, 0.25) is 0 Å². The fraction of sp³-hybridized carbons (Fsp3) is 0.0870. The summed E-state index contributed by atoms with van der Waals surface area (Å²) in [4.78, 5) is 28.7. The van der Waals surface area contributed by atoms with Gasteiger partial charge in [0.25, 0.3) is 11.8 Å². The number of benzene rings is 2. The minimum absolute atomic E-state index is 0.0157. The molecular weight excluding hydrogens is 415 g/mol. The molecule has 6 nitrogen and oxygen atoms in total. The van der Waals surface area contributed by atoms with Crippen molar-refractivity contribution in [2.24, 2.45) is 0 Å². The van der Waals surface area contributed by atoms with Gasteiger partial charge in [0.05, 0.1) is 5.69 Å². The molecule has 0 spiro atoms. The number of nitrogens with zero attached hydrogens (tertiary/aromatic N) is 3. The summed E-state index contributed by atoms with van der Waals surface area (Å²) in [5, 5.41) is 2.31. The summed E-state index contributed by atoms with van der Waals surface area (Å²) in [6.45, 7) is 0. The van der Waals surface area contributed by atoms with Gasteiger partial charge in [-0.3, -0.25) is 14.9 Å². The Bertz CT molecular complexity index is 1210. The number of para-hydroxylation sites is 1. The molecule has 1 aliphatic rings. The topological polar surface area (TPSA) is 57.6 Å². The van der Waals surface area contributed by atoms with Crippen molar-refractivity contribution in [3.63, 3.8) is 0 Å². The molecule has 1 N–H and O–H groups in total. The number of amides is 2. The van der Waals surface area contributed by atoms with E-state index in [0.717, 1.165) is 16.3 Å². The molecule has 0 radical (unpaired) electrons. The van der Waals surface area contributed by atoms with Crippen molar-refractivity contribution in [3.05, 3.63) is 83.9 Å². The van der Waals surface area contributed by atoms with Gasteiger partial charge in [-0.05, 0) is 66.8 Å². The van der Waals surface area contributed by atoms with Crippen LogP contribution in [0, 0.1) is 5.82 Å². The van der Waals surface area contributed by atoms with Crippen molar-refractivity contribution in [1.82, 2.24) is 9.88 Å². The third-order valence-electron chi connectivity index (χ3n) is 4.91. The number of carbonyl (C=O) groups excluding carboxylic acids is 2. The predicted octanol–water partition coefficient (Wildman–Crippen LogP) is 3.51. The second kappa shape index (κ2) is 8.16. The fourth-order valence-electron chi connectivity index (χ4n) is 3.32. The largest absolute Gasteiger partial charge is 0.378 e. The van der Waals surface area contributed by atoms with Gasteiger partial charge in [0.1, 0.15) is 11.4 Å². The Hall–Kier alpha value is -3.78. The summed E-state index contributed by atoms with van der Waals surface area (Å²) in [7, 11) is 3.92. The molecule has 0 saturated carbocycles. The summed E-state index contributed by atoms with van der Waals surface area (Å²) in [6, 6.07) is 17.2. The monoisotopic (exact) mass is 434 g/mol. The van der Waals surface area contributed by atoms with Crippen LogP contribution < -0.4 is 15.1 Å². The average molecular weight is 434 g/mol. The lowest BCUT2D eigenvalue weighted by molar-refractivity contribution is -0.122. The molecule has 1 fully saturated rings. The lowest BCUT2D eigenvalue weighted by Crippen LogP contribution is -2.54. The molecular formula is C23H19FN4O2S.